The van der Waals surface area contributed by atoms with Gasteiger partial charge in [0.2, 0.25) is 0 Å². The lowest BCUT2D eigenvalue weighted by Gasteiger charge is -2.25. The van der Waals surface area contributed by atoms with Gasteiger partial charge in [-0.2, -0.15) is 0 Å². The molecule has 0 fully saturated rings. The fourth-order valence-corrected chi connectivity index (χ4v) is 2.94. The molecule has 1 aromatic carbocycles. The summed E-state index contributed by atoms with van der Waals surface area (Å²) in [6.45, 7) is 4.54. The van der Waals surface area contributed by atoms with Crippen molar-refractivity contribution in [3.8, 4) is 0 Å². The molecule has 130 valence electrons. The molecular formula is C19H21N3O3. The second-order valence-corrected chi connectivity index (χ2v) is 6.12. The van der Waals surface area contributed by atoms with Gasteiger partial charge in [-0.05, 0) is 31.4 Å². The molecule has 0 radical (unpaired) electrons. The molecule has 0 aliphatic carbocycles. The number of nitrogens with one attached hydrogen (secondary N) is 1. The van der Waals surface area contributed by atoms with Crippen molar-refractivity contribution in [2.75, 3.05) is 11.9 Å². The molecule has 0 spiro atoms. The van der Waals surface area contributed by atoms with Crippen LogP contribution in [0.15, 0.2) is 47.5 Å². The first-order valence-electron chi connectivity index (χ1n) is 8.38. The quantitative estimate of drug-likeness (QED) is 0.867. The molecule has 2 aromatic rings. The SMILES string of the molecule is CCOC(=O)c1cnc2n(c1=O)CC(C)C/C2=C/Nc1ccccc1. The lowest BCUT2D eigenvalue weighted by molar-refractivity contribution is 0.0522. The zero-order chi connectivity index (χ0) is 17.8. The number of allylic oxidation sites excluding steroid dienone is 1. The van der Waals surface area contributed by atoms with Crippen molar-refractivity contribution in [1.82, 2.24) is 9.55 Å². The van der Waals surface area contributed by atoms with Crippen LogP contribution in [0.1, 0.15) is 36.5 Å². The van der Waals surface area contributed by atoms with E-state index in [2.05, 4.69) is 17.2 Å². The summed E-state index contributed by atoms with van der Waals surface area (Å²) in [5, 5.41) is 3.24. The highest BCUT2D eigenvalue weighted by Gasteiger charge is 2.25. The van der Waals surface area contributed by atoms with Gasteiger partial charge in [0.15, 0.2) is 0 Å². The van der Waals surface area contributed by atoms with Gasteiger partial charge in [0.25, 0.3) is 5.56 Å². The molecule has 3 rings (SSSR count). The molecule has 0 bridgehead atoms. The van der Waals surface area contributed by atoms with E-state index in [1.165, 1.54) is 6.20 Å². The average molecular weight is 339 g/mol. The molecule has 1 aliphatic rings. The van der Waals surface area contributed by atoms with E-state index in [0.29, 0.717) is 12.4 Å². The number of rotatable bonds is 4. The first-order chi connectivity index (χ1) is 12.1. The number of hydrogen-bond donors (Lipinski definition) is 1. The number of benzene rings is 1. The number of fused-ring (bicyclic) bond motifs is 1. The molecule has 6 nitrogen and oxygen atoms in total. The van der Waals surface area contributed by atoms with E-state index in [0.717, 1.165) is 17.7 Å². The Kier molecular flexibility index (Phi) is 4.97. The van der Waals surface area contributed by atoms with Crippen LogP contribution in [0, 0.1) is 5.92 Å². The topological polar surface area (TPSA) is 73.2 Å². The number of carbonyl (C=O) groups excluding carboxylic acids is 1. The Morgan fingerprint density at radius 2 is 2.16 bits per heavy atom. The molecule has 1 N–H and O–H groups in total. The molecule has 1 aliphatic heterocycles. The molecular weight excluding hydrogens is 318 g/mol. The molecule has 0 saturated carbocycles. The maximum atomic E-state index is 12.7. The molecule has 1 unspecified atom stereocenters. The minimum absolute atomic E-state index is 0.0185. The molecule has 0 saturated heterocycles. The van der Waals surface area contributed by atoms with Gasteiger partial charge in [-0.25, -0.2) is 9.78 Å². The van der Waals surface area contributed by atoms with Crippen molar-refractivity contribution in [2.45, 2.75) is 26.8 Å². The van der Waals surface area contributed by atoms with E-state index in [1.54, 1.807) is 11.5 Å². The summed E-state index contributed by atoms with van der Waals surface area (Å²) in [6.07, 6.45) is 4.01. The van der Waals surface area contributed by atoms with Gasteiger partial charge in [0.1, 0.15) is 11.4 Å². The van der Waals surface area contributed by atoms with Gasteiger partial charge in [-0.15, -0.1) is 0 Å². The zero-order valence-electron chi connectivity index (χ0n) is 14.4. The third-order valence-corrected chi connectivity index (χ3v) is 4.08. The standard InChI is InChI=1S/C19H21N3O3/c1-3-25-19(24)16-11-21-17-14(9-13(2)12-22(17)18(16)23)10-20-15-7-5-4-6-8-15/h4-8,10-11,13,20H,3,9,12H2,1-2H3/b14-10-. The van der Waals surface area contributed by atoms with Crippen molar-refractivity contribution < 1.29 is 9.53 Å². The Morgan fingerprint density at radius 3 is 2.88 bits per heavy atom. The lowest BCUT2D eigenvalue weighted by Crippen LogP contribution is -2.35. The van der Waals surface area contributed by atoms with Crippen LogP contribution in [0.5, 0.6) is 0 Å². The highest BCUT2D eigenvalue weighted by Crippen LogP contribution is 2.27. The fraction of sp³-hybridized carbons (Fsp3) is 0.316. The predicted molar refractivity (Wildman–Crippen MR) is 96.3 cm³/mol. The van der Waals surface area contributed by atoms with Crippen LogP contribution in [0.3, 0.4) is 0 Å². The predicted octanol–water partition coefficient (Wildman–Crippen LogP) is 2.91. The normalized spacial score (nSPS) is 17.8. The number of esters is 1. The van der Waals surface area contributed by atoms with Crippen LogP contribution in [-0.4, -0.2) is 22.1 Å². The average Bonchev–Trinajstić information content (AvgIpc) is 2.61. The molecule has 1 atom stereocenters. The minimum atomic E-state index is -0.624. The number of nitrogens with zero attached hydrogens (tertiary/aromatic N) is 2. The maximum Gasteiger partial charge on any atom is 0.345 e. The Hall–Kier alpha value is -2.89. The number of anilines is 1. The van der Waals surface area contributed by atoms with Gasteiger partial charge >= 0.3 is 5.97 Å². The Labute approximate surface area is 146 Å². The van der Waals surface area contributed by atoms with Crippen molar-refractivity contribution in [1.29, 1.82) is 0 Å². The molecule has 2 heterocycles. The third-order valence-electron chi connectivity index (χ3n) is 4.08. The molecule has 0 amide bonds. The fourth-order valence-electron chi connectivity index (χ4n) is 2.94. The summed E-state index contributed by atoms with van der Waals surface area (Å²) in [4.78, 5) is 29.0. The van der Waals surface area contributed by atoms with E-state index in [9.17, 15) is 9.59 Å². The first kappa shape index (κ1) is 17.0. The van der Waals surface area contributed by atoms with Gasteiger partial charge in [-0.1, -0.05) is 25.1 Å². The Morgan fingerprint density at radius 1 is 1.40 bits per heavy atom. The monoisotopic (exact) mass is 339 g/mol. The Bertz CT molecular complexity index is 856. The molecule has 1 aromatic heterocycles. The number of hydrogen-bond acceptors (Lipinski definition) is 5. The summed E-state index contributed by atoms with van der Waals surface area (Å²) in [6, 6.07) is 9.79. The van der Waals surface area contributed by atoms with Crippen molar-refractivity contribution in [3.05, 3.63) is 64.5 Å². The van der Waals surface area contributed by atoms with E-state index in [1.807, 2.05) is 36.5 Å². The van der Waals surface area contributed by atoms with Gasteiger partial charge < -0.3 is 10.1 Å². The highest BCUT2D eigenvalue weighted by molar-refractivity contribution is 5.88. The summed E-state index contributed by atoms with van der Waals surface area (Å²) >= 11 is 0. The van der Waals surface area contributed by atoms with Crippen LogP contribution in [0.2, 0.25) is 0 Å². The second-order valence-electron chi connectivity index (χ2n) is 6.12. The van der Waals surface area contributed by atoms with Crippen molar-refractivity contribution >= 4 is 17.2 Å². The van der Waals surface area contributed by atoms with Crippen LogP contribution < -0.4 is 10.9 Å². The summed E-state index contributed by atoms with van der Waals surface area (Å²) in [5.41, 5.74) is 1.54. The highest BCUT2D eigenvalue weighted by atomic mass is 16.5. The van der Waals surface area contributed by atoms with Crippen LogP contribution >= 0.6 is 0 Å². The third kappa shape index (κ3) is 3.63. The van der Waals surface area contributed by atoms with E-state index >= 15 is 0 Å². The second kappa shape index (κ2) is 7.34. The number of carbonyl (C=O) groups is 1. The van der Waals surface area contributed by atoms with Crippen LogP contribution in [0.4, 0.5) is 5.69 Å². The van der Waals surface area contributed by atoms with E-state index < -0.39 is 5.97 Å². The minimum Gasteiger partial charge on any atom is -0.462 e. The van der Waals surface area contributed by atoms with Gasteiger partial charge in [0.05, 0.1) is 6.61 Å². The van der Waals surface area contributed by atoms with E-state index in [4.69, 9.17) is 4.74 Å². The number of para-hydroxylation sites is 1. The zero-order valence-corrected chi connectivity index (χ0v) is 14.4. The Balaban J connectivity index is 1.97. The maximum absolute atomic E-state index is 12.7. The largest absolute Gasteiger partial charge is 0.462 e. The van der Waals surface area contributed by atoms with E-state index in [-0.39, 0.29) is 23.6 Å². The smallest absolute Gasteiger partial charge is 0.345 e. The first-order valence-corrected chi connectivity index (χ1v) is 8.38. The summed E-state index contributed by atoms with van der Waals surface area (Å²) < 4.78 is 6.51. The summed E-state index contributed by atoms with van der Waals surface area (Å²) in [7, 11) is 0. The van der Waals surface area contributed by atoms with Crippen LogP contribution in [-0.2, 0) is 11.3 Å². The lowest BCUT2D eigenvalue weighted by atomic mass is 9.96. The number of aromatic nitrogens is 2. The number of ether oxygens (including phenoxy) is 1. The summed E-state index contributed by atoms with van der Waals surface area (Å²) in [5.74, 6) is 0.245. The molecule has 6 heteroatoms. The van der Waals surface area contributed by atoms with Crippen molar-refractivity contribution in [3.63, 3.8) is 0 Å². The van der Waals surface area contributed by atoms with Crippen molar-refractivity contribution in [2.24, 2.45) is 5.92 Å². The van der Waals surface area contributed by atoms with Crippen LogP contribution in [0.25, 0.3) is 5.57 Å². The van der Waals surface area contributed by atoms with Gasteiger partial charge in [0, 0.05) is 30.2 Å². The molecule has 25 heavy (non-hydrogen) atoms. The van der Waals surface area contributed by atoms with Gasteiger partial charge in [-0.3, -0.25) is 9.36 Å².